The zero-order valence-electron chi connectivity index (χ0n) is 27.0. The predicted molar refractivity (Wildman–Crippen MR) is 179 cm³/mol. The maximum atomic E-state index is 15.5. The van der Waals surface area contributed by atoms with Gasteiger partial charge in [-0.1, -0.05) is 18.9 Å². The zero-order valence-corrected chi connectivity index (χ0v) is 28.6. The van der Waals surface area contributed by atoms with Crippen LogP contribution in [0.15, 0.2) is 52.6 Å². The van der Waals surface area contributed by atoms with Gasteiger partial charge in [-0.3, -0.25) is 4.79 Å². The number of halogens is 3. The van der Waals surface area contributed by atoms with Gasteiger partial charge in [0.25, 0.3) is 5.52 Å². The minimum Gasteiger partial charge on any atom is -0.748 e. The number of oxazole rings is 1. The number of unbranched alkanes of at least 4 members (excludes halogenated alkanes) is 4. The number of carboxylic acid groups (broad SMARTS) is 1. The molecule has 0 saturated carbocycles. The van der Waals surface area contributed by atoms with Crippen molar-refractivity contribution in [3.05, 3.63) is 77.1 Å². The molecule has 16 heteroatoms. The van der Waals surface area contributed by atoms with E-state index in [0.29, 0.717) is 54.9 Å². The molecular weight excluding hydrogens is 689 g/mol. The molecule has 0 bridgehead atoms. The van der Waals surface area contributed by atoms with Gasteiger partial charge in [-0.05, 0) is 62.8 Å². The molecule has 2 heterocycles. The van der Waals surface area contributed by atoms with Crippen molar-refractivity contribution in [2.24, 2.45) is 0 Å². The standard InChI is InChI=1S/C33H41F3N2O9S2/c1-33(15-4-7-18-48(41,42)43)25-20-24(35)21-26(36)32(25)38(17-5-2-3-12-31(39)40)29(33)10-9-11-30-37(16-6-8-19-49(44,45)46)27-14-13-23(34)22-28(27)47-30/h9-11,13-14,20-22H,2-8,12,15-19H2,1H3,(H4-,39,40,41,42,43,44,45,46). The maximum absolute atomic E-state index is 15.5. The molecule has 2 aromatic carbocycles. The van der Waals surface area contributed by atoms with Gasteiger partial charge in [-0.15, -0.1) is 0 Å². The van der Waals surface area contributed by atoms with Crippen molar-refractivity contribution in [3.63, 3.8) is 0 Å². The maximum Gasteiger partial charge on any atom is 0.374 e. The number of fused-ring (bicyclic) bond motifs is 2. The fraction of sp³-hybridized carbons (Fsp3) is 0.455. The molecule has 0 aliphatic carbocycles. The molecule has 1 aliphatic heterocycles. The molecule has 0 amide bonds. The summed E-state index contributed by atoms with van der Waals surface area (Å²) in [6.45, 7) is 2.38. The highest BCUT2D eigenvalue weighted by molar-refractivity contribution is 8.19. The van der Waals surface area contributed by atoms with Crippen LogP contribution in [-0.2, 0) is 26.9 Å². The first-order valence-electron chi connectivity index (χ1n) is 15.9. The first-order chi connectivity index (χ1) is 23.0. The molecule has 1 unspecified atom stereocenters. The lowest BCUT2D eigenvalue weighted by atomic mass is 9.77. The fourth-order valence-electron chi connectivity index (χ4n) is 6.29. The Balaban J connectivity index is 1.72. The number of rotatable bonds is 18. The van der Waals surface area contributed by atoms with E-state index in [-0.39, 0.29) is 55.7 Å². The number of anilines is 1. The number of aromatic nitrogens is 1. The Bertz CT molecular complexity index is 1820. The van der Waals surface area contributed by atoms with Crippen LogP contribution in [0.2, 0.25) is 0 Å². The van der Waals surface area contributed by atoms with E-state index in [1.54, 1.807) is 40.7 Å². The second-order valence-corrected chi connectivity index (χ2v) is 15.5. The van der Waals surface area contributed by atoms with Crippen molar-refractivity contribution in [3.8, 4) is 0 Å². The lowest BCUT2D eigenvalue weighted by molar-refractivity contribution is -0.678. The third-order valence-corrected chi connectivity index (χ3v) is 10.2. The van der Waals surface area contributed by atoms with Gasteiger partial charge in [0.2, 0.25) is 5.58 Å². The number of aliphatic carboxylic acids is 1. The third kappa shape index (κ3) is 10.3. The molecule has 49 heavy (non-hydrogen) atoms. The minimum atomic E-state index is -4.46. The summed E-state index contributed by atoms with van der Waals surface area (Å²) in [4.78, 5) is 12.7. The second kappa shape index (κ2) is 16.1. The monoisotopic (exact) mass is 730 g/mol. The number of carbonyl (C=O) groups is 1. The van der Waals surface area contributed by atoms with E-state index in [9.17, 15) is 40.2 Å². The van der Waals surface area contributed by atoms with Crippen molar-refractivity contribution in [1.29, 1.82) is 0 Å². The van der Waals surface area contributed by atoms with Crippen LogP contribution in [0.5, 0.6) is 0 Å². The highest BCUT2D eigenvalue weighted by Gasteiger charge is 2.44. The Morgan fingerprint density at radius 1 is 0.980 bits per heavy atom. The van der Waals surface area contributed by atoms with Gasteiger partial charge < -0.3 is 32.6 Å². The fourth-order valence-corrected chi connectivity index (χ4v) is 7.44. The smallest absolute Gasteiger partial charge is 0.374 e. The quantitative estimate of drug-likeness (QED) is 0.0596. The number of hydrogen-bond acceptors (Lipinski definition) is 9. The number of hydrogen-bond donors (Lipinski definition) is 4. The van der Waals surface area contributed by atoms with E-state index in [1.165, 1.54) is 18.2 Å². The van der Waals surface area contributed by atoms with Crippen LogP contribution in [0, 0.1) is 17.5 Å². The summed E-state index contributed by atoms with van der Waals surface area (Å²) in [7, 11) is -8.11. The summed E-state index contributed by atoms with van der Waals surface area (Å²) >= 11 is 0. The van der Waals surface area contributed by atoms with E-state index in [0.717, 1.165) is 6.07 Å². The molecule has 4 N–H and O–H groups in total. The number of carboxylic acids is 1. The summed E-state index contributed by atoms with van der Waals surface area (Å²) in [5.41, 5.74) is 0.874. The van der Waals surface area contributed by atoms with E-state index in [4.69, 9.17) is 9.52 Å². The number of benzene rings is 2. The average Bonchev–Trinajstić information content (AvgIpc) is 3.43. The van der Waals surface area contributed by atoms with E-state index in [1.807, 2.05) is 0 Å². The Kier molecular flexibility index (Phi) is 12.6. The largest absolute Gasteiger partial charge is 0.748 e. The number of allylic oxidation sites excluding steroid dienone is 3. The summed E-state index contributed by atoms with van der Waals surface area (Å²) < 4.78 is 114. The predicted octanol–water partition coefficient (Wildman–Crippen LogP) is 7.18. The van der Waals surface area contributed by atoms with Crippen molar-refractivity contribution in [2.75, 3.05) is 23.0 Å². The highest BCUT2D eigenvalue weighted by atomic mass is 32.3. The van der Waals surface area contributed by atoms with Crippen LogP contribution in [-0.4, -0.2) is 55.8 Å². The minimum absolute atomic E-state index is 0.0225. The molecule has 4 rings (SSSR count). The van der Waals surface area contributed by atoms with Gasteiger partial charge in [0.15, 0.2) is 6.54 Å². The molecule has 3 aromatic rings. The third-order valence-electron chi connectivity index (χ3n) is 8.58. The van der Waals surface area contributed by atoms with E-state index >= 15 is 4.39 Å². The Hall–Kier alpha value is -3.41. The lowest BCUT2D eigenvalue weighted by Crippen LogP contribution is -2.35. The summed E-state index contributed by atoms with van der Waals surface area (Å²) in [5, 5.41) is 9.02. The molecule has 0 fully saturated rings. The zero-order chi connectivity index (χ0) is 36.0. The van der Waals surface area contributed by atoms with Crippen molar-refractivity contribution < 1.29 is 58.7 Å². The summed E-state index contributed by atoms with van der Waals surface area (Å²) in [6.07, 6.45) is 7.62. The van der Waals surface area contributed by atoms with Crippen molar-refractivity contribution in [1.82, 2.24) is 0 Å². The number of nitrogens with zero attached hydrogens (tertiary/aromatic N) is 2. The topological polar surface area (TPSA) is 175 Å². The van der Waals surface area contributed by atoms with Gasteiger partial charge >= 0.3 is 11.9 Å². The van der Waals surface area contributed by atoms with Crippen molar-refractivity contribution in [2.45, 2.75) is 76.7 Å². The van der Waals surface area contributed by atoms with Gasteiger partial charge in [0, 0.05) is 60.2 Å². The second-order valence-electron chi connectivity index (χ2n) is 12.3. The van der Waals surface area contributed by atoms with Crippen LogP contribution in [0.1, 0.15) is 76.2 Å². The molecule has 1 aromatic heterocycles. The summed E-state index contributed by atoms with van der Waals surface area (Å²) in [5.74, 6) is -3.51. The molecular formula is C33H41F3N2O9S2. The molecule has 0 radical (unpaired) electrons. The van der Waals surface area contributed by atoms with Crippen LogP contribution >= 0.6 is 10.9 Å². The van der Waals surface area contributed by atoms with Crippen LogP contribution < -0.4 is 9.47 Å². The Morgan fingerprint density at radius 2 is 1.71 bits per heavy atom. The van der Waals surface area contributed by atoms with E-state index < -0.39 is 55.6 Å². The van der Waals surface area contributed by atoms with Crippen LogP contribution in [0.25, 0.3) is 17.2 Å². The van der Waals surface area contributed by atoms with Crippen LogP contribution in [0.4, 0.5) is 18.9 Å². The first-order valence-corrected chi connectivity index (χ1v) is 19.1. The Morgan fingerprint density at radius 3 is 2.41 bits per heavy atom. The Labute approximate surface area is 284 Å². The molecule has 270 valence electrons. The highest BCUT2D eigenvalue weighted by Crippen LogP contribution is 2.52. The normalized spacial score (nSPS) is 17.9. The molecule has 1 atom stereocenters. The average molecular weight is 731 g/mol. The van der Waals surface area contributed by atoms with Crippen LogP contribution in [0.3, 0.4) is 0 Å². The molecule has 0 saturated heterocycles. The summed E-state index contributed by atoms with van der Waals surface area (Å²) in [6, 6.07) is 6.07. The van der Waals surface area contributed by atoms with Gasteiger partial charge in [0.05, 0.1) is 32.8 Å². The molecule has 1 aliphatic rings. The number of aryl methyl sites for hydroxylation is 1. The van der Waals surface area contributed by atoms with Crippen molar-refractivity contribution >= 4 is 49.8 Å². The first kappa shape index (κ1) is 38.4. The van der Waals surface area contributed by atoms with Gasteiger partial charge in [-0.2, -0.15) is 4.57 Å². The molecule has 11 nitrogen and oxygen atoms in total. The SMILES string of the molecule is CC1(CCCCS(=O)(=O)[O-])/C(=C\C=C\c2oc3cc(F)ccc3[n+]2CCCCS(O)(O)O)N(CCCCCC(=O)O)c2c(F)cc(F)cc21. The van der Waals surface area contributed by atoms with Gasteiger partial charge in [-0.25, -0.2) is 21.6 Å². The van der Waals surface area contributed by atoms with E-state index in [2.05, 4.69) is 0 Å². The van der Waals surface area contributed by atoms with Gasteiger partial charge in [0.1, 0.15) is 17.5 Å². The lowest BCUT2D eigenvalue weighted by Gasteiger charge is -2.30. The molecule has 0 spiro atoms.